The number of anilines is 2. The van der Waals surface area contributed by atoms with E-state index in [0.717, 1.165) is 18.5 Å². The number of nitrogens with two attached hydrogens (primary N) is 1. The number of hydrogen-bond acceptors (Lipinski definition) is 4. The van der Waals surface area contributed by atoms with Gasteiger partial charge in [0, 0.05) is 30.8 Å². The second-order valence-corrected chi connectivity index (χ2v) is 4.68. The number of benzene rings is 1. The molecule has 0 atom stereocenters. The molecule has 0 unspecified atom stereocenters. The summed E-state index contributed by atoms with van der Waals surface area (Å²) in [4.78, 5) is 11.4. The zero-order valence-electron chi connectivity index (χ0n) is 11.2. The Balaban J connectivity index is 1.75. The van der Waals surface area contributed by atoms with Gasteiger partial charge in [0.25, 0.3) is 0 Å². The maximum atomic E-state index is 11.4. The molecule has 5 heteroatoms. The predicted molar refractivity (Wildman–Crippen MR) is 76.2 cm³/mol. The first-order valence-electron chi connectivity index (χ1n) is 6.74. The number of hydrogen-bond donors (Lipinski definition) is 3. The lowest BCUT2D eigenvalue weighted by Crippen LogP contribution is -2.29. The number of amides is 1. The summed E-state index contributed by atoms with van der Waals surface area (Å²) >= 11 is 0. The smallest absolute Gasteiger partial charge is 0.223 e. The van der Waals surface area contributed by atoms with Crippen LogP contribution < -0.4 is 21.1 Å². The van der Waals surface area contributed by atoms with E-state index in [2.05, 4.69) is 10.6 Å². The van der Waals surface area contributed by atoms with Crippen LogP contribution in [-0.4, -0.2) is 25.6 Å². The summed E-state index contributed by atoms with van der Waals surface area (Å²) in [6.07, 6.45) is 2.07. The molecule has 1 aliphatic rings. The molecule has 1 amide bonds. The average Bonchev–Trinajstić information content (AvgIpc) is 3.22. The molecule has 0 bridgehead atoms. The lowest BCUT2D eigenvalue weighted by atomic mass is 10.2. The summed E-state index contributed by atoms with van der Waals surface area (Å²) in [5.74, 6) is 1.13. The van der Waals surface area contributed by atoms with Gasteiger partial charge in [-0.3, -0.25) is 4.79 Å². The van der Waals surface area contributed by atoms with E-state index in [1.54, 1.807) is 0 Å². The molecule has 1 saturated carbocycles. The molecule has 0 spiro atoms. The van der Waals surface area contributed by atoms with Crippen LogP contribution in [0.1, 0.15) is 19.8 Å². The second-order valence-electron chi connectivity index (χ2n) is 4.68. The number of carbonyl (C=O) groups is 1. The minimum Gasteiger partial charge on any atom is -0.492 e. The summed E-state index contributed by atoms with van der Waals surface area (Å²) in [5, 5.41) is 6.14. The molecule has 5 nitrogen and oxygen atoms in total. The summed E-state index contributed by atoms with van der Waals surface area (Å²) in [6.45, 7) is 3.83. The Bertz CT molecular complexity index is 444. The first-order chi connectivity index (χ1) is 9.20. The van der Waals surface area contributed by atoms with E-state index in [4.69, 9.17) is 10.5 Å². The van der Waals surface area contributed by atoms with E-state index in [1.165, 1.54) is 0 Å². The molecule has 1 aromatic rings. The molecule has 19 heavy (non-hydrogen) atoms. The van der Waals surface area contributed by atoms with Crippen molar-refractivity contribution in [3.05, 3.63) is 18.2 Å². The van der Waals surface area contributed by atoms with Gasteiger partial charge in [-0.05, 0) is 31.9 Å². The van der Waals surface area contributed by atoms with E-state index in [-0.39, 0.29) is 11.8 Å². The molecule has 1 aliphatic carbocycles. The van der Waals surface area contributed by atoms with Gasteiger partial charge in [0.2, 0.25) is 5.91 Å². The highest BCUT2D eigenvalue weighted by atomic mass is 16.5. The Labute approximate surface area is 113 Å². The van der Waals surface area contributed by atoms with Crippen LogP contribution in [0.25, 0.3) is 0 Å². The van der Waals surface area contributed by atoms with E-state index >= 15 is 0 Å². The average molecular weight is 263 g/mol. The van der Waals surface area contributed by atoms with Gasteiger partial charge in [0.1, 0.15) is 5.75 Å². The van der Waals surface area contributed by atoms with Crippen LogP contribution in [-0.2, 0) is 4.79 Å². The molecule has 1 aromatic carbocycles. The number of rotatable bonds is 7. The Hall–Kier alpha value is -1.91. The molecule has 0 aromatic heterocycles. The highest BCUT2D eigenvalue weighted by molar-refractivity contribution is 5.80. The standard InChI is InChI=1S/C14H21N3O2/c1-2-19-13-9-11(5-6-12(13)15)16-7-8-17-14(18)10-3-4-10/h5-6,9-10,16H,2-4,7-8,15H2,1H3,(H,17,18). The molecule has 0 saturated heterocycles. The molecule has 0 aliphatic heterocycles. The molecule has 4 N–H and O–H groups in total. The van der Waals surface area contributed by atoms with Crippen molar-refractivity contribution in [3.8, 4) is 5.75 Å². The van der Waals surface area contributed by atoms with E-state index in [1.807, 2.05) is 25.1 Å². The number of nitrogens with one attached hydrogen (secondary N) is 2. The van der Waals surface area contributed by atoms with Crippen LogP contribution in [0.3, 0.4) is 0 Å². The number of nitrogen functional groups attached to an aromatic ring is 1. The highest BCUT2D eigenvalue weighted by Gasteiger charge is 2.28. The Kier molecular flexibility index (Phi) is 4.49. The van der Waals surface area contributed by atoms with Crippen molar-refractivity contribution in [2.75, 3.05) is 30.7 Å². The van der Waals surface area contributed by atoms with Gasteiger partial charge in [0.05, 0.1) is 12.3 Å². The van der Waals surface area contributed by atoms with Crippen LogP contribution in [0.15, 0.2) is 18.2 Å². The van der Waals surface area contributed by atoms with Gasteiger partial charge >= 0.3 is 0 Å². The largest absolute Gasteiger partial charge is 0.492 e. The third kappa shape index (κ3) is 4.05. The van der Waals surface area contributed by atoms with Gasteiger partial charge < -0.3 is 21.1 Å². The predicted octanol–water partition coefficient (Wildman–Crippen LogP) is 1.61. The van der Waals surface area contributed by atoms with Crippen LogP contribution in [0.4, 0.5) is 11.4 Å². The van der Waals surface area contributed by atoms with Crippen LogP contribution in [0, 0.1) is 5.92 Å². The molecular formula is C14H21N3O2. The van der Waals surface area contributed by atoms with Crippen molar-refractivity contribution in [1.82, 2.24) is 5.32 Å². The molecule has 0 radical (unpaired) electrons. The summed E-state index contributed by atoms with van der Waals surface area (Å²) in [6, 6.07) is 5.60. The van der Waals surface area contributed by atoms with Crippen molar-refractivity contribution in [2.24, 2.45) is 5.92 Å². The molecule has 104 valence electrons. The molecule has 0 heterocycles. The van der Waals surface area contributed by atoms with Gasteiger partial charge in [-0.2, -0.15) is 0 Å². The number of ether oxygens (including phenoxy) is 1. The lowest BCUT2D eigenvalue weighted by molar-refractivity contribution is -0.122. The van der Waals surface area contributed by atoms with Gasteiger partial charge in [0.15, 0.2) is 0 Å². The zero-order valence-corrected chi connectivity index (χ0v) is 11.2. The summed E-state index contributed by atoms with van der Waals surface area (Å²) < 4.78 is 5.43. The lowest BCUT2D eigenvalue weighted by Gasteiger charge is -2.11. The van der Waals surface area contributed by atoms with E-state index in [9.17, 15) is 4.79 Å². The van der Waals surface area contributed by atoms with Crippen molar-refractivity contribution in [1.29, 1.82) is 0 Å². The van der Waals surface area contributed by atoms with Crippen molar-refractivity contribution in [2.45, 2.75) is 19.8 Å². The maximum absolute atomic E-state index is 11.4. The third-order valence-electron chi connectivity index (χ3n) is 3.01. The molecule has 1 fully saturated rings. The van der Waals surface area contributed by atoms with Gasteiger partial charge in [-0.15, -0.1) is 0 Å². The SMILES string of the molecule is CCOc1cc(NCCNC(=O)C2CC2)ccc1N. The topological polar surface area (TPSA) is 76.4 Å². The van der Waals surface area contributed by atoms with E-state index in [0.29, 0.717) is 31.1 Å². The Morgan fingerprint density at radius 1 is 1.42 bits per heavy atom. The summed E-state index contributed by atoms with van der Waals surface area (Å²) in [5.41, 5.74) is 7.38. The van der Waals surface area contributed by atoms with Crippen LogP contribution >= 0.6 is 0 Å². The second kappa shape index (κ2) is 6.31. The minimum absolute atomic E-state index is 0.175. The molecule has 2 rings (SSSR count). The fourth-order valence-corrected chi connectivity index (χ4v) is 1.81. The Morgan fingerprint density at radius 3 is 2.89 bits per heavy atom. The number of carbonyl (C=O) groups excluding carboxylic acids is 1. The minimum atomic E-state index is 0.175. The van der Waals surface area contributed by atoms with Crippen LogP contribution in [0.2, 0.25) is 0 Å². The fraction of sp³-hybridized carbons (Fsp3) is 0.500. The van der Waals surface area contributed by atoms with E-state index < -0.39 is 0 Å². The van der Waals surface area contributed by atoms with Gasteiger partial charge in [-0.1, -0.05) is 0 Å². The Morgan fingerprint density at radius 2 is 2.21 bits per heavy atom. The fourth-order valence-electron chi connectivity index (χ4n) is 1.81. The third-order valence-corrected chi connectivity index (χ3v) is 3.01. The van der Waals surface area contributed by atoms with Gasteiger partial charge in [-0.25, -0.2) is 0 Å². The maximum Gasteiger partial charge on any atom is 0.223 e. The molecular weight excluding hydrogens is 242 g/mol. The first-order valence-corrected chi connectivity index (χ1v) is 6.74. The van der Waals surface area contributed by atoms with Crippen molar-refractivity contribution >= 4 is 17.3 Å². The van der Waals surface area contributed by atoms with Crippen molar-refractivity contribution in [3.63, 3.8) is 0 Å². The summed E-state index contributed by atoms with van der Waals surface area (Å²) in [7, 11) is 0. The quantitative estimate of drug-likeness (QED) is 0.516. The highest BCUT2D eigenvalue weighted by Crippen LogP contribution is 2.28. The van der Waals surface area contributed by atoms with Crippen molar-refractivity contribution < 1.29 is 9.53 Å². The monoisotopic (exact) mass is 263 g/mol. The normalized spacial score (nSPS) is 13.9. The van der Waals surface area contributed by atoms with Crippen LogP contribution in [0.5, 0.6) is 5.75 Å². The first kappa shape index (κ1) is 13.5. The zero-order chi connectivity index (χ0) is 13.7.